The van der Waals surface area contributed by atoms with Crippen LogP contribution in [0.3, 0.4) is 0 Å². The summed E-state index contributed by atoms with van der Waals surface area (Å²) in [5.74, 6) is -1.83. The van der Waals surface area contributed by atoms with Crippen molar-refractivity contribution in [3.63, 3.8) is 0 Å². The van der Waals surface area contributed by atoms with Crippen LogP contribution in [-0.2, 0) is 15.8 Å². The van der Waals surface area contributed by atoms with Crippen molar-refractivity contribution in [3.8, 4) is 0 Å². The normalized spacial score (nSPS) is 19.8. The first-order valence-electron chi connectivity index (χ1n) is 6.51. The molecule has 1 aromatic carbocycles. The van der Waals surface area contributed by atoms with E-state index < -0.39 is 35.1 Å². The van der Waals surface area contributed by atoms with Crippen LogP contribution in [0.25, 0.3) is 0 Å². The Morgan fingerprint density at radius 3 is 2.30 bits per heavy atom. The van der Waals surface area contributed by atoms with E-state index in [-0.39, 0.29) is 12.2 Å². The minimum atomic E-state index is -4.56. The molecule has 1 spiro atoms. The van der Waals surface area contributed by atoms with E-state index in [1.54, 1.807) is 0 Å². The molecule has 10 heteroatoms. The second kappa shape index (κ2) is 4.61. The summed E-state index contributed by atoms with van der Waals surface area (Å²) in [6, 6.07) is 2.02. The highest BCUT2D eigenvalue weighted by molar-refractivity contribution is 6.25. The van der Waals surface area contributed by atoms with Gasteiger partial charge >= 0.3 is 12.2 Å². The number of hydrogen-bond donors (Lipinski definition) is 3. The van der Waals surface area contributed by atoms with E-state index in [0.717, 1.165) is 12.1 Å². The highest BCUT2D eigenvalue weighted by Crippen LogP contribution is 2.39. The first-order chi connectivity index (χ1) is 10.6. The predicted molar refractivity (Wildman–Crippen MR) is 72.7 cm³/mol. The molecule has 0 unspecified atom stereocenters. The van der Waals surface area contributed by atoms with Gasteiger partial charge in [0.05, 0.1) is 23.5 Å². The maximum Gasteiger partial charge on any atom is 0.416 e. The molecule has 1 fully saturated rings. The van der Waals surface area contributed by atoms with Crippen molar-refractivity contribution in [2.45, 2.75) is 11.7 Å². The lowest BCUT2D eigenvalue weighted by Gasteiger charge is -2.43. The summed E-state index contributed by atoms with van der Waals surface area (Å²) in [6.45, 7) is -0.143. The molecule has 0 radical (unpaired) electrons. The Labute approximate surface area is 127 Å². The number of fused-ring (bicyclic) bond motifs is 1. The van der Waals surface area contributed by atoms with E-state index in [9.17, 15) is 27.6 Å². The SMILES string of the molecule is CN1CC2(Nc3cc(C(F)(F)F)ccc31)C(=O)NC(=O)NC2=O. The van der Waals surface area contributed by atoms with Gasteiger partial charge in [-0.3, -0.25) is 20.2 Å². The number of urea groups is 1. The number of halogens is 3. The van der Waals surface area contributed by atoms with Crippen molar-refractivity contribution in [2.75, 3.05) is 23.8 Å². The van der Waals surface area contributed by atoms with E-state index in [4.69, 9.17) is 0 Å². The molecule has 0 aliphatic carbocycles. The first kappa shape index (κ1) is 15.1. The Hall–Kier alpha value is -2.78. The van der Waals surface area contributed by atoms with Crippen molar-refractivity contribution < 1.29 is 27.6 Å². The Bertz CT molecular complexity index is 712. The van der Waals surface area contributed by atoms with Crippen LogP contribution in [0.4, 0.5) is 29.3 Å². The third-order valence-corrected chi connectivity index (χ3v) is 3.79. The topological polar surface area (TPSA) is 90.5 Å². The van der Waals surface area contributed by atoms with Crippen LogP contribution in [0.1, 0.15) is 5.56 Å². The zero-order valence-corrected chi connectivity index (χ0v) is 11.7. The van der Waals surface area contributed by atoms with E-state index in [1.807, 2.05) is 10.6 Å². The molecule has 0 aromatic heterocycles. The number of carbonyl (C=O) groups is 3. The summed E-state index contributed by atoms with van der Waals surface area (Å²) in [5, 5.41) is 6.45. The van der Waals surface area contributed by atoms with Crippen molar-refractivity contribution in [1.82, 2.24) is 10.6 Å². The summed E-state index contributed by atoms with van der Waals surface area (Å²) < 4.78 is 38.5. The number of amides is 4. The molecule has 1 aromatic rings. The second-order valence-corrected chi connectivity index (χ2v) is 5.35. The number of likely N-dealkylation sites (N-methyl/N-ethyl adjacent to an activating group) is 1. The van der Waals surface area contributed by atoms with Gasteiger partial charge in [0, 0.05) is 7.05 Å². The smallest absolute Gasteiger partial charge is 0.369 e. The van der Waals surface area contributed by atoms with Crippen LogP contribution in [0, 0.1) is 0 Å². The molecule has 4 amide bonds. The number of alkyl halides is 3. The average molecular weight is 328 g/mol. The molecule has 1 saturated heterocycles. The third kappa shape index (κ3) is 2.26. The van der Waals surface area contributed by atoms with Crippen LogP contribution in [0.2, 0.25) is 0 Å². The van der Waals surface area contributed by atoms with E-state index in [1.165, 1.54) is 18.0 Å². The second-order valence-electron chi connectivity index (χ2n) is 5.35. The Balaban J connectivity index is 2.07. The predicted octanol–water partition coefficient (Wildman–Crippen LogP) is 0.672. The molecule has 0 saturated carbocycles. The molecule has 7 nitrogen and oxygen atoms in total. The number of carbonyl (C=O) groups excluding carboxylic acids is 3. The van der Waals surface area contributed by atoms with E-state index in [2.05, 4.69) is 5.32 Å². The van der Waals surface area contributed by atoms with Gasteiger partial charge in [0.15, 0.2) is 0 Å². The van der Waals surface area contributed by atoms with Crippen molar-refractivity contribution >= 4 is 29.2 Å². The van der Waals surface area contributed by atoms with Gasteiger partial charge in [-0.25, -0.2) is 4.79 Å². The monoisotopic (exact) mass is 328 g/mol. The summed E-state index contributed by atoms with van der Waals surface area (Å²) in [4.78, 5) is 36.9. The van der Waals surface area contributed by atoms with Gasteiger partial charge < -0.3 is 10.2 Å². The minimum absolute atomic E-state index is 0.0202. The number of nitrogens with one attached hydrogen (secondary N) is 3. The lowest BCUT2D eigenvalue weighted by molar-refractivity contribution is -0.137. The number of barbiturate groups is 1. The first-order valence-corrected chi connectivity index (χ1v) is 6.51. The number of benzene rings is 1. The zero-order valence-electron chi connectivity index (χ0n) is 11.7. The highest BCUT2D eigenvalue weighted by atomic mass is 19.4. The average Bonchev–Trinajstić information content (AvgIpc) is 2.43. The summed E-state index contributed by atoms with van der Waals surface area (Å²) in [7, 11) is 1.53. The number of rotatable bonds is 0. The summed E-state index contributed by atoms with van der Waals surface area (Å²) >= 11 is 0. The molecule has 2 heterocycles. The van der Waals surface area contributed by atoms with Gasteiger partial charge in [0.1, 0.15) is 0 Å². The van der Waals surface area contributed by atoms with E-state index >= 15 is 0 Å². The fourth-order valence-electron chi connectivity index (χ4n) is 2.67. The summed E-state index contributed by atoms with van der Waals surface area (Å²) in [5.41, 5.74) is -2.41. The Morgan fingerprint density at radius 2 is 1.74 bits per heavy atom. The Kier molecular flexibility index (Phi) is 3.03. The molecular formula is C13H11F3N4O3. The highest BCUT2D eigenvalue weighted by Gasteiger charge is 2.53. The molecule has 3 N–H and O–H groups in total. The van der Waals surface area contributed by atoms with Crippen LogP contribution >= 0.6 is 0 Å². The molecule has 23 heavy (non-hydrogen) atoms. The maximum absolute atomic E-state index is 12.8. The molecule has 0 atom stereocenters. The minimum Gasteiger partial charge on any atom is -0.369 e. The van der Waals surface area contributed by atoms with Gasteiger partial charge in [-0.15, -0.1) is 0 Å². The number of nitrogens with zero attached hydrogens (tertiary/aromatic N) is 1. The van der Waals surface area contributed by atoms with Gasteiger partial charge in [-0.2, -0.15) is 13.2 Å². The van der Waals surface area contributed by atoms with Gasteiger partial charge in [0.2, 0.25) is 5.54 Å². The summed E-state index contributed by atoms with van der Waals surface area (Å²) in [6.07, 6.45) is -4.56. The Morgan fingerprint density at radius 1 is 1.13 bits per heavy atom. The fourth-order valence-corrected chi connectivity index (χ4v) is 2.67. The third-order valence-electron chi connectivity index (χ3n) is 3.79. The van der Waals surface area contributed by atoms with Crippen molar-refractivity contribution in [2.24, 2.45) is 0 Å². The molecular weight excluding hydrogens is 317 g/mol. The van der Waals surface area contributed by atoms with Crippen LogP contribution in [0.15, 0.2) is 18.2 Å². The lowest BCUT2D eigenvalue weighted by atomic mass is 9.91. The van der Waals surface area contributed by atoms with Gasteiger partial charge in [0.25, 0.3) is 11.8 Å². The molecule has 2 aliphatic heterocycles. The fraction of sp³-hybridized carbons (Fsp3) is 0.308. The lowest BCUT2D eigenvalue weighted by Crippen LogP contribution is -2.74. The molecule has 0 bridgehead atoms. The number of imide groups is 2. The standard InChI is InChI=1S/C13H11F3N4O3/c1-20-5-12(9(21)17-11(23)18-10(12)22)19-7-4-6(13(14,15)16)2-3-8(7)20/h2-4,19H,5H2,1H3,(H2,17,18,21,22,23). The zero-order chi connectivity index (χ0) is 17.0. The maximum atomic E-state index is 12.8. The van der Waals surface area contributed by atoms with Crippen LogP contribution in [-0.4, -0.2) is 37.0 Å². The molecule has 122 valence electrons. The number of hydrogen-bond acceptors (Lipinski definition) is 5. The molecule has 3 rings (SSSR count). The quantitative estimate of drug-likeness (QED) is 0.609. The number of anilines is 2. The van der Waals surface area contributed by atoms with Crippen molar-refractivity contribution in [1.29, 1.82) is 0 Å². The van der Waals surface area contributed by atoms with E-state index in [0.29, 0.717) is 5.69 Å². The van der Waals surface area contributed by atoms with Crippen LogP contribution < -0.4 is 20.9 Å². The molecule has 2 aliphatic rings. The van der Waals surface area contributed by atoms with Gasteiger partial charge in [-0.1, -0.05) is 0 Å². The van der Waals surface area contributed by atoms with Crippen molar-refractivity contribution in [3.05, 3.63) is 23.8 Å². The largest absolute Gasteiger partial charge is 0.416 e. The van der Waals surface area contributed by atoms with Gasteiger partial charge in [-0.05, 0) is 18.2 Å². The van der Waals surface area contributed by atoms with Crippen LogP contribution in [0.5, 0.6) is 0 Å².